The Kier molecular flexibility index (Phi) is 4.54. The Morgan fingerprint density at radius 1 is 1.22 bits per heavy atom. The number of hydrogen-bond acceptors (Lipinski definition) is 6. The fourth-order valence-electron chi connectivity index (χ4n) is 2.40. The molecule has 120 valence electrons. The molecule has 2 aromatic heterocycles. The van der Waals surface area contributed by atoms with Crippen LogP contribution in [0.2, 0.25) is 0 Å². The van der Waals surface area contributed by atoms with Crippen LogP contribution in [-0.4, -0.2) is 27.1 Å². The van der Waals surface area contributed by atoms with E-state index in [1.54, 1.807) is 11.3 Å². The van der Waals surface area contributed by atoms with Gasteiger partial charge < -0.3 is 4.52 Å². The lowest BCUT2D eigenvalue weighted by Gasteiger charge is -2.20. The van der Waals surface area contributed by atoms with Crippen molar-refractivity contribution in [3.05, 3.63) is 51.8 Å². The van der Waals surface area contributed by atoms with Crippen LogP contribution in [0.4, 0.5) is 0 Å². The Hall–Kier alpha value is -2.05. The van der Waals surface area contributed by atoms with E-state index < -0.39 is 0 Å². The first-order valence-corrected chi connectivity index (χ1v) is 8.43. The minimum absolute atomic E-state index is 0.0299. The molecule has 6 heteroatoms. The Labute approximate surface area is 140 Å². The fourth-order valence-corrected chi connectivity index (χ4v) is 3.00. The van der Waals surface area contributed by atoms with Gasteiger partial charge in [0.15, 0.2) is 0 Å². The van der Waals surface area contributed by atoms with Crippen molar-refractivity contribution >= 4 is 11.3 Å². The average Bonchev–Trinajstić information content (AvgIpc) is 3.16. The van der Waals surface area contributed by atoms with Crippen LogP contribution >= 0.6 is 11.3 Å². The highest BCUT2D eigenvalue weighted by molar-refractivity contribution is 7.09. The Morgan fingerprint density at radius 2 is 2.00 bits per heavy atom. The van der Waals surface area contributed by atoms with Crippen molar-refractivity contribution in [2.75, 3.05) is 7.05 Å². The molecular weight excluding hydrogens is 308 g/mol. The zero-order valence-corrected chi connectivity index (χ0v) is 14.6. The van der Waals surface area contributed by atoms with Crippen molar-refractivity contribution in [1.82, 2.24) is 20.0 Å². The van der Waals surface area contributed by atoms with Gasteiger partial charge in [0, 0.05) is 17.5 Å². The molecule has 0 spiro atoms. The summed E-state index contributed by atoms with van der Waals surface area (Å²) in [4.78, 5) is 11.2. The van der Waals surface area contributed by atoms with Gasteiger partial charge in [-0.1, -0.05) is 29.4 Å². The molecule has 0 radical (unpaired) electrons. The first-order valence-electron chi connectivity index (χ1n) is 7.55. The molecule has 0 unspecified atom stereocenters. The molecule has 0 bridgehead atoms. The standard InChI is InChI=1S/C17H20N4OS/c1-11-7-5-6-8-15(11)16-19-17(22-20-16)12(2)21(4)9-14-10-23-13(3)18-14/h5-8,10,12H,9H2,1-4H3/t12-/m1/s1. The highest BCUT2D eigenvalue weighted by Crippen LogP contribution is 2.24. The molecule has 0 fully saturated rings. The molecule has 0 N–H and O–H groups in total. The van der Waals surface area contributed by atoms with E-state index in [4.69, 9.17) is 4.52 Å². The van der Waals surface area contributed by atoms with E-state index >= 15 is 0 Å². The van der Waals surface area contributed by atoms with Crippen LogP contribution in [0.1, 0.15) is 35.1 Å². The van der Waals surface area contributed by atoms with E-state index in [9.17, 15) is 0 Å². The quantitative estimate of drug-likeness (QED) is 0.708. The van der Waals surface area contributed by atoms with Crippen LogP contribution in [0.3, 0.4) is 0 Å². The summed E-state index contributed by atoms with van der Waals surface area (Å²) in [6.45, 7) is 6.89. The van der Waals surface area contributed by atoms with Crippen molar-refractivity contribution in [1.29, 1.82) is 0 Å². The SMILES string of the molecule is Cc1nc(CN(C)[C@H](C)c2nc(-c3ccccc3C)no2)cs1. The van der Waals surface area contributed by atoms with Gasteiger partial charge in [0.1, 0.15) is 0 Å². The summed E-state index contributed by atoms with van der Waals surface area (Å²) < 4.78 is 5.48. The highest BCUT2D eigenvalue weighted by atomic mass is 32.1. The topological polar surface area (TPSA) is 55.1 Å². The first-order chi connectivity index (χ1) is 11.0. The Balaban J connectivity index is 1.75. The molecule has 0 aliphatic carbocycles. The lowest BCUT2D eigenvalue weighted by atomic mass is 10.1. The summed E-state index contributed by atoms with van der Waals surface area (Å²) in [5, 5.41) is 7.31. The molecule has 0 aliphatic rings. The van der Waals surface area contributed by atoms with Crippen molar-refractivity contribution in [3.63, 3.8) is 0 Å². The number of nitrogens with zero attached hydrogens (tertiary/aromatic N) is 4. The summed E-state index contributed by atoms with van der Waals surface area (Å²) in [5.74, 6) is 1.26. The van der Waals surface area contributed by atoms with Crippen LogP contribution < -0.4 is 0 Å². The molecule has 0 saturated heterocycles. The number of aromatic nitrogens is 3. The third-order valence-corrected chi connectivity index (χ3v) is 4.75. The predicted octanol–water partition coefficient (Wildman–Crippen LogP) is 4.00. The zero-order valence-electron chi connectivity index (χ0n) is 13.8. The largest absolute Gasteiger partial charge is 0.337 e. The van der Waals surface area contributed by atoms with Gasteiger partial charge in [-0.05, 0) is 33.4 Å². The Bertz CT molecular complexity index is 795. The van der Waals surface area contributed by atoms with E-state index in [1.807, 2.05) is 45.2 Å². The molecule has 0 amide bonds. The predicted molar refractivity (Wildman–Crippen MR) is 91.2 cm³/mol. The van der Waals surface area contributed by atoms with E-state index in [0.29, 0.717) is 11.7 Å². The maximum absolute atomic E-state index is 5.48. The monoisotopic (exact) mass is 328 g/mol. The van der Waals surface area contributed by atoms with E-state index in [0.717, 1.165) is 28.4 Å². The smallest absolute Gasteiger partial charge is 0.244 e. The van der Waals surface area contributed by atoms with Gasteiger partial charge in [0.2, 0.25) is 11.7 Å². The first kappa shape index (κ1) is 15.8. The maximum Gasteiger partial charge on any atom is 0.244 e. The van der Waals surface area contributed by atoms with Gasteiger partial charge in [0.25, 0.3) is 0 Å². The maximum atomic E-state index is 5.48. The van der Waals surface area contributed by atoms with Crippen LogP contribution in [0.5, 0.6) is 0 Å². The van der Waals surface area contributed by atoms with Crippen LogP contribution in [0.25, 0.3) is 11.4 Å². The molecule has 2 heterocycles. The lowest BCUT2D eigenvalue weighted by Crippen LogP contribution is -2.22. The van der Waals surface area contributed by atoms with Crippen LogP contribution in [0.15, 0.2) is 34.2 Å². The molecule has 1 aromatic carbocycles. The minimum Gasteiger partial charge on any atom is -0.337 e. The molecule has 1 atom stereocenters. The second-order valence-corrected chi connectivity index (χ2v) is 6.78. The van der Waals surface area contributed by atoms with Crippen molar-refractivity contribution in [2.45, 2.75) is 33.4 Å². The molecule has 3 aromatic rings. The summed E-state index contributed by atoms with van der Waals surface area (Å²) in [6.07, 6.45) is 0. The van der Waals surface area contributed by atoms with Crippen molar-refractivity contribution < 1.29 is 4.52 Å². The summed E-state index contributed by atoms with van der Waals surface area (Å²) in [5.41, 5.74) is 3.21. The third-order valence-electron chi connectivity index (χ3n) is 3.92. The van der Waals surface area contributed by atoms with Gasteiger partial charge in [-0.25, -0.2) is 4.98 Å². The molecule has 23 heavy (non-hydrogen) atoms. The van der Waals surface area contributed by atoms with Gasteiger partial charge in [-0.15, -0.1) is 11.3 Å². The zero-order chi connectivity index (χ0) is 16.4. The Morgan fingerprint density at radius 3 is 2.70 bits per heavy atom. The summed E-state index contributed by atoms with van der Waals surface area (Å²) in [7, 11) is 2.04. The van der Waals surface area contributed by atoms with E-state index in [1.165, 1.54) is 0 Å². The molecule has 0 saturated carbocycles. The number of aryl methyl sites for hydroxylation is 2. The number of benzene rings is 1. The third kappa shape index (κ3) is 3.48. The van der Waals surface area contributed by atoms with Gasteiger partial charge in [-0.2, -0.15) is 4.98 Å². The second kappa shape index (κ2) is 6.60. The van der Waals surface area contributed by atoms with Gasteiger partial charge in [0.05, 0.1) is 16.7 Å². The van der Waals surface area contributed by atoms with Gasteiger partial charge in [-0.3, -0.25) is 4.90 Å². The van der Waals surface area contributed by atoms with E-state index in [2.05, 4.69) is 32.3 Å². The van der Waals surface area contributed by atoms with Crippen molar-refractivity contribution in [3.8, 4) is 11.4 Å². The minimum atomic E-state index is 0.0299. The number of rotatable bonds is 5. The van der Waals surface area contributed by atoms with Gasteiger partial charge >= 0.3 is 0 Å². The molecule has 5 nitrogen and oxygen atoms in total. The molecule has 3 rings (SSSR count). The summed E-state index contributed by atoms with van der Waals surface area (Å²) >= 11 is 1.67. The lowest BCUT2D eigenvalue weighted by molar-refractivity contribution is 0.201. The molecular formula is C17H20N4OS. The average molecular weight is 328 g/mol. The van der Waals surface area contributed by atoms with E-state index in [-0.39, 0.29) is 6.04 Å². The summed E-state index contributed by atoms with van der Waals surface area (Å²) in [6, 6.07) is 8.08. The second-order valence-electron chi connectivity index (χ2n) is 5.72. The number of thiazole rings is 1. The van der Waals surface area contributed by atoms with Crippen molar-refractivity contribution in [2.24, 2.45) is 0 Å². The highest BCUT2D eigenvalue weighted by Gasteiger charge is 2.20. The normalized spacial score (nSPS) is 12.7. The van der Waals surface area contributed by atoms with Crippen LogP contribution in [-0.2, 0) is 6.54 Å². The van der Waals surface area contributed by atoms with Crippen LogP contribution in [0, 0.1) is 13.8 Å². The molecule has 0 aliphatic heterocycles. The fraction of sp³-hybridized carbons (Fsp3) is 0.353. The number of hydrogen-bond donors (Lipinski definition) is 0.